The predicted molar refractivity (Wildman–Crippen MR) is 130 cm³/mol. The van der Waals surface area contributed by atoms with E-state index in [0.717, 1.165) is 57.1 Å². The number of benzene rings is 1. The molecular weight excluding hydrogens is 384 g/mol. The first-order valence-electron chi connectivity index (χ1n) is 11.4. The molecule has 3 heterocycles. The Hall–Kier alpha value is -3.02. The maximum atomic E-state index is 4.57. The number of aryl methyl sites for hydroxylation is 2. The zero-order valence-electron chi connectivity index (χ0n) is 18.9. The number of nitrogens with one attached hydrogen (secondary N) is 3. The van der Waals surface area contributed by atoms with E-state index in [1.807, 2.05) is 13.2 Å². The van der Waals surface area contributed by atoms with E-state index in [9.17, 15) is 0 Å². The van der Waals surface area contributed by atoms with Crippen LogP contribution >= 0.6 is 0 Å². The summed E-state index contributed by atoms with van der Waals surface area (Å²) in [6, 6.07) is 11.3. The van der Waals surface area contributed by atoms with Crippen molar-refractivity contribution in [2.45, 2.75) is 45.6 Å². The molecule has 6 heteroatoms. The van der Waals surface area contributed by atoms with Gasteiger partial charge in [0.1, 0.15) is 5.82 Å². The molecule has 1 aliphatic rings. The first-order valence-corrected chi connectivity index (χ1v) is 11.4. The number of nitrogens with zero attached hydrogens (tertiary/aromatic N) is 3. The number of aromatic nitrogens is 2. The van der Waals surface area contributed by atoms with E-state index in [0.29, 0.717) is 6.04 Å². The summed E-state index contributed by atoms with van der Waals surface area (Å²) in [5.74, 6) is 1.97. The summed E-state index contributed by atoms with van der Waals surface area (Å²) in [7, 11) is 1.85. The Labute approximate surface area is 185 Å². The monoisotopic (exact) mass is 418 g/mol. The average Bonchev–Trinajstić information content (AvgIpc) is 3.22. The molecule has 3 N–H and O–H groups in total. The van der Waals surface area contributed by atoms with Gasteiger partial charge in [0, 0.05) is 56.0 Å². The largest absolute Gasteiger partial charge is 0.361 e. The summed E-state index contributed by atoms with van der Waals surface area (Å²) in [6.07, 6.45) is 8.27. The zero-order valence-corrected chi connectivity index (χ0v) is 18.9. The number of para-hydroxylation sites is 1. The van der Waals surface area contributed by atoms with Gasteiger partial charge < -0.3 is 20.5 Å². The summed E-state index contributed by atoms with van der Waals surface area (Å²) < 4.78 is 0. The second-order valence-electron chi connectivity index (χ2n) is 8.36. The fraction of sp³-hybridized carbons (Fsp3) is 0.440. The number of guanidine groups is 1. The molecule has 6 nitrogen and oxygen atoms in total. The van der Waals surface area contributed by atoms with Crippen LogP contribution in [0.3, 0.4) is 0 Å². The SMILES string of the molecule is CCc1cccc2c(CCNC(=NC)NC3CCN(c4ccc(C)cn4)CC3)c[nH]c12. The minimum absolute atomic E-state index is 0.438. The topological polar surface area (TPSA) is 68.3 Å². The molecule has 0 amide bonds. The molecule has 1 fully saturated rings. The van der Waals surface area contributed by atoms with E-state index in [1.165, 1.54) is 27.6 Å². The van der Waals surface area contributed by atoms with Crippen LogP contribution in [0.4, 0.5) is 5.82 Å². The number of pyridine rings is 1. The lowest BCUT2D eigenvalue weighted by molar-refractivity contribution is 0.459. The lowest BCUT2D eigenvalue weighted by atomic mass is 10.0. The lowest BCUT2D eigenvalue weighted by Gasteiger charge is -2.33. The summed E-state index contributed by atoms with van der Waals surface area (Å²) in [5.41, 5.74) is 5.21. The molecule has 1 aromatic carbocycles. The van der Waals surface area contributed by atoms with Crippen LogP contribution < -0.4 is 15.5 Å². The van der Waals surface area contributed by atoms with Gasteiger partial charge in [-0.1, -0.05) is 31.2 Å². The molecule has 0 atom stereocenters. The highest BCUT2D eigenvalue weighted by molar-refractivity contribution is 5.86. The highest BCUT2D eigenvalue weighted by atomic mass is 15.2. The number of piperidine rings is 1. The molecule has 0 bridgehead atoms. The molecular formula is C25H34N6. The highest BCUT2D eigenvalue weighted by Gasteiger charge is 2.20. The van der Waals surface area contributed by atoms with Crippen molar-refractivity contribution in [3.05, 3.63) is 59.4 Å². The van der Waals surface area contributed by atoms with E-state index in [2.05, 4.69) is 80.9 Å². The number of fused-ring (bicyclic) bond motifs is 1. The van der Waals surface area contributed by atoms with Gasteiger partial charge in [0.2, 0.25) is 0 Å². The molecule has 31 heavy (non-hydrogen) atoms. The molecule has 4 rings (SSSR count). The Morgan fingerprint density at radius 1 is 1.19 bits per heavy atom. The number of H-pyrrole nitrogens is 1. The van der Waals surface area contributed by atoms with Gasteiger partial charge in [0.15, 0.2) is 5.96 Å². The van der Waals surface area contributed by atoms with Gasteiger partial charge in [0.25, 0.3) is 0 Å². The van der Waals surface area contributed by atoms with Gasteiger partial charge in [-0.05, 0) is 55.4 Å². The Morgan fingerprint density at radius 2 is 2.03 bits per heavy atom. The van der Waals surface area contributed by atoms with Crippen LogP contribution in [-0.4, -0.2) is 48.7 Å². The van der Waals surface area contributed by atoms with Crippen LogP contribution in [0.1, 0.15) is 36.5 Å². The third kappa shape index (κ3) is 5.01. The molecule has 0 radical (unpaired) electrons. The highest BCUT2D eigenvalue weighted by Crippen LogP contribution is 2.22. The Kier molecular flexibility index (Phi) is 6.75. The normalized spacial score (nSPS) is 15.5. The Morgan fingerprint density at radius 3 is 2.74 bits per heavy atom. The Balaban J connectivity index is 1.26. The smallest absolute Gasteiger partial charge is 0.191 e. The standard InChI is InChI=1S/C25H34N6/c1-4-19-6-5-7-22-20(17-29-24(19)22)10-13-27-25(26-3)30-21-11-14-31(15-12-21)23-9-8-18(2)16-28-23/h5-9,16-17,21,29H,4,10-15H2,1-3H3,(H2,26,27,30). The first kappa shape index (κ1) is 21.2. The number of aliphatic imine (C=N–C) groups is 1. The quantitative estimate of drug-likeness (QED) is 0.421. The first-order chi connectivity index (χ1) is 15.2. The van der Waals surface area contributed by atoms with Crippen LogP contribution in [0, 0.1) is 6.92 Å². The lowest BCUT2D eigenvalue weighted by Crippen LogP contribution is -2.49. The fourth-order valence-corrected chi connectivity index (χ4v) is 4.38. The molecule has 2 aromatic heterocycles. The number of hydrogen-bond donors (Lipinski definition) is 3. The summed E-state index contributed by atoms with van der Waals surface area (Å²) in [6.45, 7) is 7.16. The molecule has 0 spiro atoms. The van der Waals surface area contributed by atoms with Crippen molar-refractivity contribution < 1.29 is 0 Å². The second kappa shape index (κ2) is 9.86. The van der Waals surface area contributed by atoms with Gasteiger partial charge in [0.05, 0.1) is 0 Å². The van der Waals surface area contributed by atoms with Crippen LogP contribution in [0.5, 0.6) is 0 Å². The zero-order chi connectivity index (χ0) is 21.6. The minimum Gasteiger partial charge on any atom is -0.361 e. The van der Waals surface area contributed by atoms with E-state index in [4.69, 9.17) is 0 Å². The number of anilines is 1. The van der Waals surface area contributed by atoms with E-state index in [-0.39, 0.29) is 0 Å². The predicted octanol–water partition coefficient (Wildman–Crippen LogP) is 3.81. The second-order valence-corrected chi connectivity index (χ2v) is 8.36. The van der Waals surface area contributed by atoms with Gasteiger partial charge >= 0.3 is 0 Å². The van der Waals surface area contributed by atoms with Crippen LogP contribution in [0.25, 0.3) is 10.9 Å². The number of rotatable bonds is 6. The number of hydrogen-bond acceptors (Lipinski definition) is 3. The van der Waals surface area contributed by atoms with Gasteiger partial charge in [-0.3, -0.25) is 4.99 Å². The van der Waals surface area contributed by atoms with Crippen molar-refractivity contribution in [2.24, 2.45) is 4.99 Å². The third-order valence-electron chi connectivity index (χ3n) is 6.23. The van der Waals surface area contributed by atoms with E-state index in [1.54, 1.807) is 0 Å². The van der Waals surface area contributed by atoms with Gasteiger partial charge in [-0.25, -0.2) is 4.98 Å². The summed E-state index contributed by atoms with van der Waals surface area (Å²) >= 11 is 0. The molecule has 1 saturated heterocycles. The van der Waals surface area contributed by atoms with Crippen molar-refractivity contribution in [3.8, 4) is 0 Å². The van der Waals surface area contributed by atoms with Crippen LogP contribution in [0.2, 0.25) is 0 Å². The Bertz CT molecular complexity index is 1010. The maximum absolute atomic E-state index is 4.57. The molecule has 1 aliphatic heterocycles. The molecule has 0 saturated carbocycles. The summed E-state index contributed by atoms with van der Waals surface area (Å²) in [5, 5.41) is 8.44. The summed E-state index contributed by atoms with van der Waals surface area (Å²) in [4.78, 5) is 14.8. The van der Waals surface area contributed by atoms with Crippen LogP contribution in [-0.2, 0) is 12.8 Å². The average molecular weight is 419 g/mol. The molecule has 0 unspecified atom stereocenters. The molecule has 3 aromatic rings. The van der Waals surface area contributed by atoms with Crippen LogP contribution in [0.15, 0.2) is 47.7 Å². The van der Waals surface area contributed by atoms with Gasteiger partial charge in [-0.2, -0.15) is 0 Å². The van der Waals surface area contributed by atoms with Crippen molar-refractivity contribution >= 4 is 22.7 Å². The van der Waals surface area contributed by atoms with E-state index >= 15 is 0 Å². The van der Waals surface area contributed by atoms with Crippen molar-refractivity contribution in [2.75, 3.05) is 31.6 Å². The minimum atomic E-state index is 0.438. The van der Waals surface area contributed by atoms with Crippen molar-refractivity contribution in [3.63, 3.8) is 0 Å². The van der Waals surface area contributed by atoms with Crippen molar-refractivity contribution in [1.29, 1.82) is 0 Å². The van der Waals surface area contributed by atoms with E-state index < -0.39 is 0 Å². The molecule has 164 valence electrons. The third-order valence-corrected chi connectivity index (χ3v) is 6.23. The maximum Gasteiger partial charge on any atom is 0.191 e. The number of aromatic amines is 1. The fourth-order valence-electron chi connectivity index (χ4n) is 4.38. The van der Waals surface area contributed by atoms with Crippen molar-refractivity contribution in [1.82, 2.24) is 20.6 Å². The molecule has 0 aliphatic carbocycles. The van der Waals surface area contributed by atoms with Gasteiger partial charge in [-0.15, -0.1) is 0 Å².